The Morgan fingerprint density at radius 2 is 1.88 bits per heavy atom. The molecule has 0 aliphatic carbocycles. The molecule has 8 nitrogen and oxygen atoms in total. The topological polar surface area (TPSA) is 86.4 Å². The lowest BCUT2D eigenvalue weighted by Crippen LogP contribution is -2.40. The summed E-state index contributed by atoms with van der Waals surface area (Å²) in [5, 5.41) is 0. The summed E-state index contributed by atoms with van der Waals surface area (Å²) in [6.07, 6.45) is -2.77. The highest BCUT2D eigenvalue weighted by Gasteiger charge is 2.34. The summed E-state index contributed by atoms with van der Waals surface area (Å²) in [6, 6.07) is 6.52. The minimum atomic E-state index is -4.76. The van der Waals surface area contributed by atoms with E-state index in [1.54, 1.807) is 10.6 Å². The number of aryl methyl sites for hydroxylation is 1. The first-order valence-corrected chi connectivity index (χ1v) is 11.9. The Morgan fingerprint density at radius 3 is 2.55 bits per heavy atom. The number of sulfonamides is 1. The van der Waals surface area contributed by atoms with Crippen molar-refractivity contribution in [2.24, 2.45) is 0 Å². The number of pyridine rings is 1. The van der Waals surface area contributed by atoms with Crippen LogP contribution in [0.15, 0.2) is 46.2 Å². The molecule has 0 amide bonds. The van der Waals surface area contributed by atoms with E-state index in [2.05, 4.69) is 4.98 Å². The lowest BCUT2D eigenvalue weighted by molar-refractivity contribution is -0.138. The number of aromatic nitrogens is 3. The monoisotopic (exact) mass is 484 g/mol. The lowest BCUT2D eigenvalue weighted by atomic mass is 10.2. The Kier molecular flexibility index (Phi) is 6.34. The second-order valence-electron chi connectivity index (χ2n) is 7.70. The quantitative estimate of drug-likeness (QED) is 0.537. The zero-order valence-corrected chi connectivity index (χ0v) is 18.7. The van der Waals surface area contributed by atoms with E-state index in [0.29, 0.717) is 43.0 Å². The van der Waals surface area contributed by atoms with E-state index < -0.39 is 27.3 Å². The van der Waals surface area contributed by atoms with Crippen LogP contribution in [0.3, 0.4) is 0 Å². The second-order valence-corrected chi connectivity index (χ2v) is 9.64. The molecule has 178 valence electrons. The summed E-state index contributed by atoms with van der Waals surface area (Å²) in [4.78, 5) is 17.0. The number of alkyl halides is 3. The van der Waals surface area contributed by atoms with Gasteiger partial charge in [-0.05, 0) is 36.8 Å². The summed E-state index contributed by atoms with van der Waals surface area (Å²) < 4.78 is 74.8. The summed E-state index contributed by atoms with van der Waals surface area (Å²) in [7, 11) is -3.73. The molecule has 0 saturated carbocycles. The third kappa shape index (κ3) is 4.55. The third-order valence-corrected chi connectivity index (χ3v) is 7.39. The van der Waals surface area contributed by atoms with Gasteiger partial charge in [0.05, 0.1) is 35.7 Å². The van der Waals surface area contributed by atoms with Crippen LogP contribution >= 0.6 is 0 Å². The number of fused-ring (bicyclic) bond motifs is 1. The van der Waals surface area contributed by atoms with Crippen LogP contribution in [0, 0.1) is 0 Å². The van der Waals surface area contributed by atoms with Crippen LogP contribution in [0.1, 0.15) is 24.7 Å². The number of morpholine rings is 1. The third-order valence-electron chi connectivity index (χ3n) is 5.49. The van der Waals surface area contributed by atoms with Gasteiger partial charge in [0.1, 0.15) is 11.4 Å². The van der Waals surface area contributed by atoms with Crippen LogP contribution in [0.2, 0.25) is 0 Å². The first-order valence-electron chi connectivity index (χ1n) is 10.5. The zero-order valence-electron chi connectivity index (χ0n) is 17.9. The summed E-state index contributed by atoms with van der Waals surface area (Å²) >= 11 is 0. The Hall–Kier alpha value is -2.70. The molecule has 0 spiro atoms. The number of halogens is 3. The van der Waals surface area contributed by atoms with Gasteiger partial charge in [0.25, 0.3) is 5.56 Å². The van der Waals surface area contributed by atoms with E-state index in [9.17, 15) is 26.4 Å². The molecule has 1 aliphatic rings. The molecule has 12 heteroatoms. The second kappa shape index (κ2) is 8.92. The van der Waals surface area contributed by atoms with Gasteiger partial charge in [-0.2, -0.15) is 17.5 Å². The van der Waals surface area contributed by atoms with Crippen molar-refractivity contribution in [1.29, 1.82) is 0 Å². The number of ether oxygens (including phenoxy) is 1. The van der Waals surface area contributed by atoms with Crippen molar-refractivity contribution in [1.82, 2.24) is 18.4 Å². The largest absolute Gasteiger partial charge is 0.421 e. The van der Waals surface area contributed by atoms with E-state index in [0.717, 1.165) is 10.6 Å². The summed E-state index contributed by atoms with van der Waals surface area (Å²) in [5.74, 6) is 0.370. The first kappa shape index (κ1) is 23.5. The molecule has 1 aliphatic heterocycles. The van der Waals surface area contributed by atoms with Gasteiger partial charge in [0.15, 0.2) is 0 Å². The van der Waals surface area contributed by atoms with Crippen molar-refractivity contribution < 1.29 is 26.3 Å². The van der Waals surface area contributed by atoms with Crippen LogP contribution in [-0.4, -0.2) is 53.1 Å². The molecule has 1 aromatic carbocycles. The molecular formula is C21H23F3N4O4S. The van der Waals surface area contributed by atoms with Crippen molar-refractivity contribution in [3.05, 3.63) is 58.3 Å². The molecule has 33 heavy (non-hydrogen) atoms. The molecule has 3 aromatic rings. The molecule has 0 atom stereocenters. The van der Waals surface area contributed by atoms with Gasteiger partial charge in [-0.15, -0.1) is 0 Å². The number of rotatable bonds is 6. The number of imidazole rings is 1. The molecule has 3 heterocycles. The minimum Gasteiger partial charge on any atom is -0.379 e. The fraction of sp³-hybridized carbons (Fsp3) is 0.429. The zero-order chi connectivity index (χ0) is 23.8. The molecular weight excluding hydrogens is 461 g/mol. The average molecular weight is 485 g/mol. The smallest absolute Gasteiger partial charge is 0.379 e. The minimum absolute atomic E-state index is 0.0841. The van der Waals surface area contributed by atoms with Gasteiger partial charge in [-0.25, -0.2) is 13.4 Å². The first-order chi connectivity index (χ1) is 15.6. The fourth-order valence-electron chi connectivity index (χ4n) is 3.88. The number of hydrogen-bond donors (Lipinski definition) is 0. The van der Waals surface area contributed by atoms with Gasteiger partial charge >= 0.3 is 6.18 Å². The van der Waals surface area contributed by atoms with Crippen LogP contribution < -0.4 is 5.56 Å². The highest BCUT2D eigenvalue weighted by atomic mass is 32.2. The van der Waals surface area contributed by atoms with E-state index in [-0.39, 0.29) is 24.5 Å². The number of benzene rings is 1. The van der Waals surface area contributed by atoms with Crippen LogP contribution in [0.25, 0.3) is 11.0 Å². The molecule has 4 rings (SSSR count). The number of hydrogen-bond acceptors (Lipinski definition) is 5. The van der Waals surface area contributed by atoms with Crippen molar-refractivity contribution in [2.45, 2.75) is 37.5 Å². The Balaban J connectivity index is 1.75. The Morgan fingerprint density at radius 1 is 1.15 bits per heavy atom. The SMILES string of the molecule is CCCn1c(Cn2cccc(C(F)(F)F)c2=O)nc2cc(S(=O)(=O)N3CCOCC3)ccc21. The predicted octanol–water partition coefficient (Wildman–Crippen LogP) is 2.70. The standard InChI is InChI=1S/C21H23F3N4O4S/c1-2-7-28-18-6-5-15(33(30,31)27-9-11-32-12-10-27)13-17(18)25-19(28)14-26-8-3-4-16(20(26)29)21(22,23)24/h3-6,8,13H,2,7,9-12,14H2,1H3. The van der Waals surface area contributed by atoms with Gasteiger partial charge in [0, 0.05) is 25.8 Å². The van der Waals surface area contributed by atoms with Gasteiger partial charge in [0.2, 0.25) is 10.0 Å². The lowest BCUT2D eigenvalue weighted by Gasteiger charge is -2.26. The Labute approximate surface area is 188 Å². The molecule has 1 fully saturated rings. The molecule has 1 saturated heterocycles. The molecule has 0 radical (unpaired) electrons. The van der Waals surface area contributed by atoms with E-state index in [1.165, 1.54) is 28.7 Å². The highest BCUT2D eigenvalue weighted by Crippen LogP contribution is 2.27. The van der Waals surface area contributed by atoms with Crippen LogP contribution in [0.5, 0.6) is 0 Å². The number of nitrogens with zero attached hydrogens (tertiary/aromatic N) is 4. The van der Waals surface area contributed by atoms with Crippen molar-refractivity contribution in [2.75, 3.05) is 26.3 Å². The van der Waals surface area contributed by atoms with E-state index >= 15 is 0 Å². The molecule has 2 aromatic heterocycles. The van der Waals surface area contributed by atoms with Crippen molar-refractivity contribution >= 4 is 21.1 Å². The highest BCUT2D eigenvalue weighted by molar-refractivity contribution is 7.89. The van der Waals surface area contributed by atoms with Gasteiger partial charge < -0.3 is 13.9 Å². The maximum atomic E-state index is 13.1. The molecule has 0 unspecified atom stereocenters. The van der Waals surface area contributed by atoms with Crippen LogP contribution in [0.4, 0.5) is 13.2 Å². The maximum absolute atomic E-state index is 13.1. The summed E-state index contributed by atoms with van der Waals surface area (Å²) in [6.45, 7) is 3.43. The molecule has 0 bridgehead atoms. The van der Waals surface area contributed by atoms with E-state index in [1.807, 2.05) is 6.92 Å². The maximum Gasteiger partial charge on any atom is 0.421 e. The van der Waals surface area contributed by atoms with E-state index in [4.69, 9.17) is 4.74 Å². The summed E-state index contributed by atoms with van der Waals surface area (Å²) in [5.41, 5.74) is -1.36. The van der Waals surface area contributed by atoms with Crippen molar-refractivity contribution in [3.8, 4) is 0 Å². The molecule has 0 N–H and O–H groups in total. The Bertz CT molecular complexity index is 1330. The fourth-order valence-corrected chi connectivity index (χ4v) is 5.31. The van der Waals surface area contributed by atoms with Gasteiger partial charge in [-0.3, -0.25) is 4.79 Å². The predicted molar refractivity (Wildman–Crippen MR) is 114 cm³/mol. The average Bonchev–Trinajstić information content (AvgIpc) is 3.11. The van der Waals surface area contributed by atoms with Gasteiger partial charge in [-0.1, -0.05) is 6.92 Å². The van der Waals surface area contributed by atoms with Crippen molar-refractivity contribution in [3.63, 3.8) is 0 Å². The normalized spacial score (nSPS) is 15.9. The van der Waals surface area contributed by atoms with Crippen LogP contribution in [-0.2, 0) is 34.0 Å².